The van der Waals surface area contributed by atoms with Gasteiger partial charge in [-0.05, 0) is 29.7 Å². The summed E-state index contributed by atoms with van der Waals surface area (Å²) in [6.45, 7) is 8.62. The maximum atomic E-state index is 11.2. The van der Waals surface area contributed by atoms with Crippen LogP contribution in [-0.2, 0) is 7.05 Å². The highest BCUT2D eigenvalue weighted by Gasteiger charge is 2.43. The first-order chi connectivity index (χ1) is 13.2. The first kappa shape index (κ1) is 19.9. The smallest absolute Gasteiger partial charge is 0.407 e. The third-order valence-corrected chi connectivity index (χ3v) is 6.10. The van der Waals surface area contributed by atoms with Gasteiger partial charge in [-0.2, -0.15) is 10.1 Å². The van der Waals surface area contributed by atoms with Crippen LogP contribution in [0.1, 0.15) is 33.6 Å². The van der Waals surface area contributed by atoms with E-state index in [2.05, 4.69) is 46.5 Å². The van der Waals surface area contributed by atoms with E-state index in [0.717, 1.165) is 30.9 Å². The molecule has 0 saturated carbocycles. The number of aromatic nitrogens is 4. The lowest BCUT2D eigenvalue weighted by molar-refractivity contribution is 0.0216. The summed E-state index contributed by atoms with van der Waals surface area (Å²) in [4.78, 5) is 21.5. The van der Waals surface area contributed by atoms with Crippen LogP contribution in [0.25, 0.3) is 0 Å². The van der Waals surface area contributed by atoms with Crippen LogP contribution in [0.2, 0.25) is 0 Å². The Hall–Kier alpha value is -2.84. The molecule has 0 unspecified atom stereocenters. The molecule has 1 saturated heterocycles. The fourth-order valence-electron chi connectivity index (χ4n) is 3.53. The minimum Gasteiger partial charge on any atom is -0.465 e. The Labute approximate surface area is 165 Å². The van der Waals surface area contributed by atoms with Crippen LogP contribution in [0.15, 0.2) is 24.7 Å². The van der Waals surface area contributed by atoms with Gasteiger partial charge in [-0.15, -0.1) is 0 Å². The van der Waals surface area contributed by atoms with Crippen molar-refractivity contribution in [3.63, 3.8) is 0 Å². The molecule has 1 fully saturated rings. The van der Waals surface area contributed by atoms with E-state index in [-0.39, 0.29) is 10.8 Å². The van der Waals surface area contributed by atoms with E-state index in [1.54, 1.807) is 17.1 Å². The van der Waals surface area contributed by atoms with Gasteiger partial charge in [0.05, 0.1) is 11.9 Å². The van der Waals surface area contributed by atoms with Crippen LogP contribution >= 0.6 is 0 Å². The topological polar surface area (TPSA) is 108 Å². The summed E-state index contributed by atoms with van der Waals surface area (Å²) in [6, 6.07) is 1.85. The molecule has 0 aliphatic carbocycles. The molecule has 1 amide bonds. The van der Waals surface area contributed by atoms with Gasteiger partial charge < -0.3 is 20.6 Å². The number of hydrogen-bond acceptors (Lipinski definition) is 6. The monoisotopic (exact) mass is 387 g/mol. The van der Waals surface area contributed by atoms with Gasteiger partial charge in [0.25, 0.3) is 0 Å². The molecule has 3 rings (SSSR count). The molecule has 1 aliphatic heterocycles. The summed E-state index contributed by atoms with van der Waals surface area (Å²) in [6.07, 6.45) is 6.17. The third kappa shape index (κ3) is 4.35. The molecule has 0 atom stereocenters. The van der Waals surface area contributed by atoms with Gasteiger partial charge >= 0.3 is 6.09 Å². The van der Waals surface area contributed by atoms with E-state index in [0.29, 0.717) is 19.0 Å². The minimum absolute atomic E-state index is 0.0283. The van der Waals surface area contributed by atoms with Crippen LogP contribution in [0.5, 0.6) is 0 Å². The predicted octanol–water partition coefficient (Wildman–Crippen LogP) is 3.17. The Kier molecular flexibility index (Phi) is 5.44. The summed E-state index contributed by atoms with van der Waals surface area (Å²) >= 11 is 0. The molecule has 152 valence electrons. The maximum absolute atomic E-state index is 11.2. The van der Waals surface area contributed by atoms with Crippen molar-refractivity contribution in [1.82, 2.24) is 24.6 Å². The molecule has 0 spiro atoms. The van der Waals surface area contributed by atoms with Gasteiger partial charge in [0.15, 0.2) is 0 Å². The standard InChI is InChI=1S/C19H29N7O2/c1-18(2,19(3)6-9-26(10-7-19)17(27)28)13-21-15-5-8-20-16(24-15)23-14-11-22-25(4)12-14/h5,8,11-12H,6-7,9-10,13H2,1-4H3,(H,27,28)(H2,20,21,23,24). The molecule has 3 heterocycles. The predicted molar refractivity (Wildman–Crippen MR) is 108 cm³/mol. The fourth-order valence-corrected chi connectivity index (χ4v) is 3.53. The zero-order chi connectivity index (χ0) is 20.4. The quantitative estimate of drug-likeness (QED) is 0.698. The minimum atomic E-state index is -0.826. The number of aryl methyl sites for hydroxylation is 1. The number of amides is 1. The lowest BCUT2D eigenvalue weighted by atomic mass is 9.61. The van der Waals surface area contributed by atoms with Gasteiger partial charge in [0, 0.05) is 39.1 Å². The van der Waals surface area contributed by atoms with Crippen molar-refractivity contribution in [2.75, 3.05) is 30.3 Å². The first-order valence-electron chi connectivity index (χ1n) is 9.49. The highest BCUT2D eigenvalue weighted by atomic mass is 16.4. The van der Waals surface area contributed by atoms with E-state index in [1.807, 2.05) is 19.3 Å². The number of rotatable bonds is 6. The van der Waals surface area contributed by atoms with Crippen molar-refractivity contribution in [3.05, 3.63) is 24.7 Å². The lowest BCUT2D eigenvalue weighted by Crippen LogP contribution is -2.49. The number of piperidine rings is 1. The molecule has 3 N–H and O–H groups in total. The van der Waals surface area contributed by atoms with Crippen molar-refractivity contribution in [2.45, 2.75) is 33.6 Å². The molecule has 28 heavy (non-hydrogen) atoms. The Balaban J connectivity index is 1.61. The summed E-state index contributed by atoms with van der Waals surface area (Å²) in [7, 11) is 1.85. The lowest BCUT2D eigenvalue weighted by Gasteiger charge is -2.49. The van der Waals surface area contributed by atoms with Gasteiger partial charge in [0.2, 0.25) is 5.95 Å². The van der Waals surface area contributed by atoms with Crippen molar-refractivity contribution in [3.8, 4) is 0 Å². The van der Waals surface area contributed by atoms with Gasteiger partial charge in [-0.3, -0.25) is 4.68 Å². The fraction of sp³-hybridized carbons (Fsp3) is 0.579. The van der Waals surface area contributed by atoms with Gasteiger partial charge in [-0.25, -0.2) is 9.78 Å². The molecule has 9 nitrogen and oxygen atoms in total. The van der Waals surface area contributed by atoms with Crippen LogP contribution in [-0.4, -0.2) is 55.5 Å². The average Bonchev–Trinajstić information content (AvgIpc) is 3.05. The number of hydrogen-bond donors (Lipinski definition) is 3. The van der Waals surface area contributed by atoms with Crippen LogP contribution in [0.4, 0.5) is 22.2 Å². The van der Waals surface area contributed by atoms with E-state index < -0.39 is 6.09 Å². The molecule has 0 radical (unpaired) electrons. The molecule has 9 heteroatoms. The molecule has 1 aliphatic rings. The van der Waals surface area contributed by atoms with E-state index in [1.165, 1.54) is 4.90 Å². The molecular formula is C19H29N7O2. The Morgan fingerprint density at radius 2 is 2.07 bits per heavy atom. The first-order valence-corrected chi connectivity index (χ1v) is 9.49. The number of carboxylic acid groups (broad SMARTS) is 1. The van der Waals surface area contributed by atoms with E-state index >= 15 is 0 Å². The summed E-state index contributed by atoms with van der Waals surface area (Å²) in [5.41, 5.74) is 0.854. The highest BCUT2D eigenvalue weighted by molar-refractivity contribution is 5.65. The summed E-state index contributed by atoms with van der Waals surface area (Å²) in [5.74, 6) is 1.26. The zero-order valence-corrected chi connectivity index (χ0v) is 16.9. The third-order valence-electron chi connectivity index (χ3n) is 6.10. The summed E-state index contributed by atoms with van der Waals surface area (Å²) < 4.78 is 1.71. The second-order valence-electron chi connectivity index (χ2n) is 8.36. The zero-order valence-electron chi connectivity index (χ0n) is 16.9. The second-order valence-corrected chi connectivity index (χ2v) is 8.36. The Bertz CT molecular complexity index is 825. The van der Waals surface area contributed by atoms with E-state index in [4.69, 9.17) is 0 Å². The number of anilines is 3. The van der Waals surface area contributed by atoms with Gasteiger partial charge in [0.1, 0.15) is 5.82 Å². The van der Waals surface area contributed by atoms with Crippen LogP contribution in [0.3, 0.4) is 0 Å². The molecular weight excluding hydrogens is 358 g/mol. The average molecular weight is 387 g/mol. The van der Waals surface area contributed by atoms with E-state index in [9.17, 15) is 9.90 Å². The second kappa shape index (κ2) is 7.65. The number of carbonyl (C=O) groups is 1. The SMILES string of the molecule is Cn1cc(Nc2nccc(NCC(C)(C)C3(C)CCN(C(=O)O)CC3)n2)cn1. The van der Waals surface area contributed by atoms with Crippen LogP contribution in [0, 0.1) is 10.8 Å². The maximum Gasteiger partial charge on any atom is 0.407 e. The number of nitrogens with zero attached hydrogens (tertiary/aromatic N) is 5. The number of nitrogens with one attached hydrogen (secondary N) is 2. The molecule has 0 aromatic carbocycles. The van der Waals surface area contributed by atoms with Crippen molar-refractivity contribution < 1.29 is 9.90 Å². The summed E-state index contributed by atoms with van der Waals surface area (Å²) in [5, 5.41) is 19.9. The molecule has 0 bridgehead atoms. The number of likely N-dealkylation sites (tertiary alicyclic amines) is 1. The largest absolute Gasteiger partial charge is 0.465 e. The van der Waals surface area contributed by atoms with Crippen LogP contribution < -0.4 is 10.6 Å². The normalized spacial score (nSPS) is 16.6. The van der Waals surface area contributed by atoms with Crippen molar-refractivity contribution in [1.29, 1.82) is 0 Å². The van der Waals surface area contributed by atoms with Crippen molar-refractivity contribution >= 4 is 23.5 Å². The molecule has 2 aromatic rings. The van der Waals surface area contributed by atoms with Crippen molar-refractivity contribution in [2.24, 2.45) is 17.9 Å². The highest BCUT2D eigenvalue weighted by Crippen LogP contribution is 2.46. The molecule has 2 aromatic heterocycles. The Morgan fingerprint density at radius 1 is 1.36 bits per heavy atom. The van der Waals surface area contributed by atoms with Gasteiger partial charge in [-0.1, -0.05) is 20.8 Å². The Morgan fingerprint density at radius 3 is 2.68 bits per heavy atom.